The van der Waals surface area contributed by atoms with Gasteiger partial charge in [0.1, 0.15) is 5.82 Å². The highest BCUT2D eigenvalue weighted by Crippen LogP contribution is 2.36. The molecule has 2 N–H and O–H groups in total. The molecule has 3 aromatic carbocycles. The Morgan fingerprint density at radius 2 is 1.79 bits per heavy atom. The summed E-state index contributed by atoms with van der Waals surface area (Å²) in [6.07, 6.45) is 1.42. The van der Waals surface area contributed by atoms with E-state index < -0.39 is 11.7 Å². The number of hydrogen-bond donors (Lipinski definition) is 2. The first kappa shape index (κ1) is 23.7. The van der Waals surface area contributed by atoms with E-state index in [4.69, 9.17) is 21.1 Å². The Labute approximate surface area is 195 Å². The Balaban J connectivity index is 1.65. The molecular formula is C24H21ClFN3O4. The van der Waals surface area contributed by atoms with Crippen LogP contribution in [0.4, 0.5) is 10.1 Å². The van der Waals surface area contributed by atoms with Crippen LogP contribution in [0.1, 0.15) is 22.8 Å². The maximum Gasteiger partial charge on any atom is 0.271 e. The van der Waals surface area contributed by atoms with E-state index >= 15 is 0 Å². The van der Waals surface area contributed by atoms with Crippen LogP contribution < -0.4 is 20.2 Å². The van der Waals surface area contributed by atoms with Crippen LogP contribution in [0.15, 0.2) is 71.8 Å². The number of carbonyl (C=O) groups excluding carboxylic acids is 2. The van der Waals surface area contributed by atoms with Crippen molar-refractivity contribution >= 4 is 35.3 Å². The molecule has 3 aromatic rings. The SMILES string of the molecule is CCOc1cc(C=NNC(=O)c2ccccc2)cc(Cl)c1OCC(=O)Nc1ccc(F)cc1. The highest BCUT2D eigenvalue weighted by atomic mass is 35.5. The maximum atomic E-state index is 13.0. The van der Waals surface area contributed by atoms with Crippen LogP contribution in [0.25, 0.3) is 0 Å². The molecule has 0 aliphatic heterocycles. The maximum absolute atomic E-state index is 13.0. The Morgan fingerprint density at radius 3 is 2.48 bits per heavy atom. The first-order valence-electron chi connectivity index (χ1n) is 9.99. The van der Waals surface area contributed by atoms with E-state index in [1.807, 2.05) is 6.07 Å². The molecule has 0 saturated heterocycles. The van der Waals surface area contributed by atoms with Crippen molar-refractivity contribution in [2.24, 2.45) is 5.10 Å². The fourth-order valence-corrected chi connectivity index (χ4v) is 3.03. The molecule has 7 nitrogen and oxygen atoms in total. The second kappa shape index (κ2) is 11.6. The van der Waals surface area contributed by atoms with Crippen molar-refractivity contribution in [2.75, 3.05) is 18.5 Å². The van der Waals surface area contributed by atoms with E-state index in [9.17, 15) is 14.0 Å². The Hall–Kier alpha value is -3.91. The van der Waals surface area contributed by atoms with E-state index in [1.54, 1.807) is 43.3 Å². The van der Waals surface area contributed by atoms with Gasteiger partial charge in [0.15, 0.2) is 18.1 Å². The van der Waals surface area contributed by atoms with Gasteiger partial charge in [0, 0.05) is 11.3 Å². The van der Waals surface area contributed by atoms with Gasteiger partial charge in [0.25, 0.3) is 11.8 Å². The van der Waals surface area contributed by atoms with Crippen molar-refractivity contribution in [1.29, 1.82) is 0 Å². The third-order valence-corrected chi connectivity index (χ3v) is 4.50. The minimum Gasteiger partial charge on any atom is -0.490 e. The van der Waals surface area contributed by atoms with Crippen molar-refractivity contribution in [3.8, 4) is 11.5 Å². The van der Waals surface area contributed by atoms with Crippen LogP contribution in [0.3, 0.4) is 0 Å². The van der Waals surface area contributed by atoms with Gasteiger partial charge in [-0.15, -0.1) is 0 Å². The zero-order valence-corrected chi connectivity index (χ0v) is 18.4. The number of halogens is 2. The van der Waals surface area contributed by atoms with E-state index in [1.165, 1.54) is 30.5 Å². The predicted molar refractivity (Wildman–Crippen MR) is 125 cm³/mol. The molecule has 0 atom stereocenters. The monoisotopic (exact) mass is 469 g/mol. The van der Waals surface area contributed by atoms with Gasteiger partial charge in [0.2, 0.25) is 0 Å². The summed E-state index contributed by atoms with van der Waals surface area (Å²) in [5.41, 5.74) is 3.91. The van der Waals surface area contributed by atoms with E-state index in [0.29, 0.717) is 29.2 Å². The number of ether oxygens (including phenoxy) is 2. The molecule has 3 rings (SSSR count). The van der Waals surface area contributed by atoms with Gasteiger partial charge >= 0.3 is 0 Å². The summed E-state index contributed by atoms with van der Waals surface area (Å²) < 4.78 is 24.2. The van der Waals surface area contributed by atoms with E-state index in [2.05, 4.69) is 15.8 Å². The number of rotatable bonds is 9. The number of carbonyl (C=O) groups is 2. The number of nitrogens with one attached hydrogen (secondary N) is 2. The largest absolute Gasteiger partial charge is 0.490 e. The quantitative estimate of drug-likeness (QED) is 0.352. The molecule has 2 amide bonds. The van der Waals surface area contributed by atoms with E-state index in [0.717, 1.165) is 0 Å². The van der Waals surface area contributed by atoms with Crippen LogP contribution in [0.5, 0.6) is 11.5 Å². The minimum atomic E-state index is -0.450. The summed E-state index contributed by atoms with van der Waals surface area (Å²) >= 11 is 6.34. The molecule has 0 unspecified atom stereocenters. The number of hydrogen-bond acceptors (Lipinski definition) is 5. The third-order valence-electron chi connectivity index (χ3n) is 4.22. The molecule has 0 fully saturated rings. The second-order valence-corrected chi connectivity index (χ2v) is 7.08. The lowest BCUT2D eigenvalue weighted by molar-refractivity contribution is -0.118. The lowest BCUT2D eigenvalue weighted by Gasteiger charge is -2.14. The van der Waals surface area contributed by atoms with Gasteiger partial charge in [-0.05, 0) is 61.0 Å². The van der Waals surface area contributed by atoms with Crippen LogP contribution in [-0.4, -0.2) is 31.2 Å². The van der Waals surface area contributed by atoms with Crippen LogP contribution in [0, 0.1) is 5.82 Å². The number of amides is 2. The predicted octanol–water partition coefficient (Wildman–Crippen LogP) is 4.66. The molecule has 0 spiro atoms. The zero-order chi connectivity index (χ0) is 23.6. The smallest absolute Gasteiger partial charge is 0.271 e. The molecule has 0 heterocycles. The first-order valence-corrected chi connectivity index (χ1v) is 10.4. The molecule has 0 saturated carbocycles. The summed E-state index contributed by atoms with van der Waals surface area (Å²) in [7, 11) is 0. The number of benzene rings is 3. The minimum absolute atomic E-state index is 0.193. The van der Waals surface area contributed by atoms with Crippen molar-refractivity contribution in [1.82, 2.24) is 5.43 Å². The van der Waals surface area contributed by atoms with Crippen LogP contribution in [0.2, 0.25) is 5.02 Å². The third kappa shape index (κ3) is 7.05. The molecule has 170 valence electrons. The van der Waals surface area contributed by atoms with Gasteiger partial charge in [-0.1, -0.05) is 29.8 Å². The van der Waals surface area contributed by atoms with E-state index in [-0.39, 0.29) is 23.3 Å². The van der Waals surface area contributed by atoms with Crippen molar-refractivity contribution in [2.45, 2.75) is 6.92 Å². The second-order valence-electron chi connectivity index (χ2n) is 6.67. The first-order chi connectivity index (χ1) is 16.0. The highest BCUT2D eigenvalue weighted by Gasteiger charge is 2.14. The molecule has 0 radical (unpaired) electrons. The lowest BCUT2D eigenvalue weighted by Crippen LogP contribution is -2.20. The topological polar surface area (TPSA) is 89.0 Å². The Morgan fingerprint density at radius 1 is 1.06 bits per heavy atom. The van der Waals surface area contributed by atoms with Crippen molar-refractivity contribution in [3.63, 3.8) is 0 Å². The van der Waals surface area contributed by atoms with Crippen molar-refractivity contribution < 1.29 is 23.5 Å². The number of nitrogens with zero attached hydrogens (tertiary/aromatic N) is 1. The summed E-state index contributed by atoms with van der Waals surface area (Å²) in [6.45, 7) is 1.79. The Kier molecular flexibility index (Phi) is 8.37. The fourth-order valence-electron chi connectivity index (χ4n) is 2.75. The van der Waals surface area contributed by atoms with Gasteiger partial charge < -0.3 is 14.8 Å². The zero-order valence-electron chi connectivity index (χ0n) is 17.7. The average Bonchev–Trinajstić information content (AvgIpc) is 2.81. The molecule has 0 aromatic heterocycles. The molecular weight excluding hydrogens is 449 g/mol. The van der Waals surface area contributed by atoms with Gasteiger partial charge in [0.05, 0.1) is 17.8 Å². The number of anilines is 1. The highest BCUT2D eigenvalue weighted by molar-refractivity contribution is 6.32. The van der Waals surface area contributed by atoms with Crippen LogP contribution >= 0.6 is 11.6 Å². The average molecular weight is 470 g/mol. The summed E-state index contributed by atoms with van der Waals surface area (Å²) in [4.78, 5) is 24.2. The number of hydrazone groups is 1. The van der Waals surface area contributed by atoms with Gasteiger partial charge in [-0.3, -0.25) is 9.59 Å². The molecule has 0 aliphatic carbocycles. The summed E-state index contributed by atoms with van der Waals surface area (Å²) in [5, 5.41) is 6.74. The molecule has 33 heavy (non-hydrogen) atoms. The summed E-state index contributed by atoms with van der Waals surface area (Å²) in [6, 6.07) is 17.2. The molecule has 9 heteroatoms. The summed E-state index contributed by atoms with van der Waals surface area (Å²) in [5.74, 6) is -0.696. The van der Waals surface area contributed by atoms with Crippen molar-refractivity contribution in [3.05, 3.63) is 88.7 Å². The van der Waals surface area contributed by atoms with Crippen LogP contribution in [-0.2, 0) is 4.79 Å². The fraction of sp³-hybridized carbons (Fsp3) is 0.125. The molecule has 0 bridgehead atoms. The Bertz CT molecular complexity index is 1140. The lowest BCUT2D eigenvalue weighted by atomic mass is 10.2. The normalized spacial score (nSPS) is 10.6. The van der Waals surface area contributed by atoms with Gasteiger partial charge in [-0.2, -0.15) is 5.10 Å². The standard InChI is InChI=1S/C24H21ClFN3O4/c1-2-32-21-13-16(14-27-29-24(31)17-6-4-3-5-7-17)12-20(25)23(21)33-15-22(30)28-19-10-8-18(26)9-11-19/h3-14H,2,15H2,1H3,(H,28,30)(H,29,31). The van der Waals surface area contributed by atoms with Gasteiger partial charge in [-0.25, -0.2) is 9.82 Å². The molecule has 0 aliphatic rings.